The molecule has 0 aliphatic carbocycles. The molecule has 1 unspecified atom stereocenters. The Labute approximate surface area is 191 Å². The molecule has 0 radical (unpaired) electrons. The Morgan fingerprint density at radius 1 is 1.16 bits per heavy atom. The summed E-state index contributed by atoms with van der Waals surface area (Å²) in [6.45, 7) is 2.99. The number of nitrogens with zero attached hydrogens (tertiary/aromatic N) is 4. The van der Waals surface area contributed by atoms with E-state index >= 15 is 0 Å². The van der Waals surface area contributed by atoms with Crippen LogP contribution in [0.5, 0.6) is 5.75 Å². The first-order valence-electron chi connectivity index (χ1n) is 10.3. The molecule has 0 saturated heterocycles. The van der Waals surface area contributed by atoms with Gasteiger partial charge in [0.2, 0.25) is 5.95 Å². The maximum Gasteiger partial charge on any atom is 0.226 e. The molecule has 8 nitrogen and oxygen atoms in total. The van der Waals surface area contributed by atoms with Gasteiger partial charge in [-0.2, -0.15) is 15.1 Å². The second kappa shape index (κ2) is 9.42. The number of benzene rings is 2. The van der Waals surface area contributed by atoms with Crippen LogP contribution in [0.3, 0.4) is 0 Å². The summed E-state index contributed by atoms with van der Waals surface area (Å²) in [5.41, 5.74) is 10.1. The van der Waals surface area contributed by atoms with Gasteiger partial charge in [0, 0.05) is 30.7 Å². The average molecular weight is 452 g/mol. The van der Waals surface area contributed by atoms with Crippen LogP contribution < -0.4 is 21.1 Å². The summed E-state index contributed by atoms with van der Waals surface area (Å²) >= 11 is 6.26. The van der Waals surface area contributed by atoms with E-state index in [1.54, 1.807) is 18.0 Å². The van der Waals surface area contributed by atoms with Crippen molar-refractivity contribution in [2.45, 2.75) is 19.5 Å². The molecule has 0 saturated carbocycles. The summed E-state index contributed by atoms with van der Waals surface area (Å²) in [5, 5.41) is 12.5. The average Bonchev–Trinajstić information content (AvgIpc) is 3.18. The fraction of sp³-hybridized carbons (Fsp3) is 0.261. The van der Waals surface area contributed by atoms with Crippen molar-refractivity contribution in [1.29, 1.82) is 0 Å². The Balaban J connectivity index is 1.54. The number of nitrogens with two attached hydrogens (primary N) is 1. The number of hydrogen-bond acceptors (Lipinski definition) is 7. The highest BCUT2D eigenvalue weighted by atomic mass is 35.5. The fourth-order valence-corrected chi connectivity index (χ4v) is 3.66. The van der Waals surface area contributed by atoms with Crippen LogP contribution in [-0.2, 0) is 13.6 Å². The van der Waals surface area contributed by atoms with Gasteiger partial charge in [-0.3, -0.25) is 4.68 Å². The molecule has 0 aliphatic heterocycles. The minimum atomic E-state index is -0.289. The lowest BCUT2D eigenvalue weighted by molar-refractivity contribution is 0.406. The molecular formula is C23H26ClN7O. The number of methoxy groups -OCH3 is 1. The fourth-order valence-electron chi connectivity index (χ4n) is 3.45. The number of halogens is 1. The van der Waals surface area contributed by atoms with E-state index in [9.17, 15) is 0 Å². The monoisotopic (exact) mass is 451 g/mol. The van der Waals surface area contributed by atoms with Gasteiger partial charge in [-0.15, -0.1) is 0 Å². The van der Waals surface area contributed by atoms with Gasteiger partial charge < -0.3 is 21.1 Å². The molecule has 166 valence electrons. The molecule has 0 spiro atoms. The minimum absolute atomic E-state index is 0.289. The number of anilines is 2. The molecule has 2 aromatic carbocycles. The highest BCUT2D eigenvalue weighted by molar-refractivity contribution is 6.31. The number of aromatic nitrogens is 4. The molecule has 32 heavy (non-hydrogen) atoms. The zero-order chi connectivity index (χ0) is 22.7. The van der Waals surface area contributed by atoms with Crippen LogP contribution in [0.4, 0.5) is 11.8 Å². The lowest BCUT2D eigenvalue weighted by atomic mass is 10.1. The third-order valence-electron chi connectivity index (χ3n) is 5.31. The van der Waals surface area contributed by atoms with Gasteiger partial charge in [-0.1, -0.05) is 41.9 Å². The second-order valence-corrected chi connectivity index (χ2v) is 7.97. The number of hydrogen-bond donors (Lipinski definition) is 3. The number of ether oxygens (including phenoxy) is 1. The summed E-state index contributed by atoms with van der Waals surface area (Å²) in [4.78, 5) is 9.29. The van der Waals surface area contributed by atoms with Gasteiger partial charge in [0.15, 0.2) is 5.65 Å². The highest BCUT2D eigenvalue weighted by Crippen LogP contribution is 2.25. The Kier molecular flexibility index (Phi) is 6.43. The van der Waals surface area contributed by atoms with Gasteiger partial charge in [0.05, 0.1) is 24.7 Å². The van der Waals surface area contributed by atoms with Crippen molar-refractivity contribution in [1.82, 2.24) is 19.7 Å². The Bertz CT molecular complexity index is 1240. The topological polar surface area (TPSA) is 103 Å². The molecule has 1 atom stereocenters. The van der Waals surface area contributed by atoms with Crippen LogP contribution in [0.2, 0.25) is 5.02 Å². The Morgan fingerprint density at radius 3 is 2.75 bits per heavy atom. The lowest BCUT2D eigenvalue weighted by Crippen LogP contribution is -2.22. The summed E-state index contributed by atoms with van der Waals surface area (Å²) in [6, 6.07) is 13.4. The normalized spacial score (nSPS) is 12.0. The summed E-state index contributed by atoms with van der Waals surface area (Å²) in [5.74, 6) is 1.91. The molecule has 0 fully saturated rings. The molecule has 0 aliphatic rings. The third kappa shape index (κ3) is 4.61. The van der Waals surface area contributed by atoms with E-state index in [-0.39, 0.29) is 6.04 Å². The number of rotatable bonds is 8. The SMILES string of the molecule is COc1ccccc1C(N)CNc1nc(NCc2ccc(C)c(Cl)c2)c2cnn(C)c2n1. The van der Waals surface area contributed by atoms with Crippen molar-refractivity contribution in [3.05, 3.63) is 70.4 Å². The summed E-state index contributed by atoms with van der Waals surface area (Å²) in [6.07, 6.45) is 1.75. The molecule has 0 amide bonds. The maximum atomic E-state index is 6.40. The van der Waals surface area contributed by atoms with E-state index in [0.29, 0.717) is 24.9 Å². The van der Waals surface area contributed by atoms with Crippen molar-refractivity contribution in [3.63, 3.8) is 0 Å². The van der Waals surface area contributed by atoms with E-state index in [2.05, 4.69) is 25.7 Å². The van der Waals surface area contributed by atoms with E-state index in [4.69, 9.17) is 22.1 Å². The van der Waals surface area contributed by atoms with Crippen molar-refractivity contribution < 1.29 is 4.74 Å². The minimum Gasteiger partial charge on any atom is -0.496 e. The molecule has 4 rings (SSSR count). The maximum absolute atomic E-state index is 6.40. The van der Waals surface area contributed by atoms with Crippen molar-refractivity contribution in [2.24, 2.45) is 12.8 Å². The standard InChI is InChI=1S/C23H26ClN7O/c1-14-8-9-15(10-18(14)24)11-26-21-17-12-28-31(2)22(17)30-23(29-21)27-13-19(25)16-6-4-5-7-20(16)32-3/h4-10,12,19H,11,13,25H2,1-3H3,(H2,26,27,29,30). The molecule has 4 N–H and O–H groups in total. The van der Waals surface area contributed by atoms with Crippen LogP contribution in [0.15, 0.2) is 48.7 Å². The van der Waals surface area contributed by atoms with E-state index in [0.717, 1.165) is 38.5 Å². The zero-order valence-corrected chi connectivity index (χ0v) is 19.0. The van der Waals surface area contributed by atoms with Crippen LogP contribution in [0.25, 0.3) is 11.0 Å². The highest BCUT2D eigenvalue weighted by Gasteiger charge is 2.15. The van der Waals surface area contributed by atoms with Crippen molar-refractivity contribution in [2.75, 3.05) is 24.3 Å². The van der Waals surface area contributed by atoms with Crippen molar-refractivity contribution in [3.8, 4) is 5.75 Å². The first-order valence-corrected chi connectivity index (χ1v) is 10.6. The van der Waals surface area contributed by atoms with Gasteiger partial charge >= 0.3 is 0 Å². The molecule has 9 heteroatoms. The molecule has 2 aromatic heterocycles. The first-order chi connectivity index (χ1) is 15.5. The van der Waals surface area contributed by atoms with Crippen LogP contribution >= 0.6 is 11.6 Å². The number of aryl methyl sites for hydroxylation is 2. The lowest BCUT2D eigenvalue weighted by Gasteiger charge is -2.17. The smallest absolute Gasteiger partial charge is 0.226 e. The number of para-hydroxylation sites is 1. The van der Waals surface area contributed by atoms with Crippen LogP contribution in [-0.4, -0.2) is 33.4 Å². The summed E-state index contributed by atoms with van der Waals surface area (Å²) < 4.78 is 7.14. The van der Waals surface area contributed by atoms with Gasteiger partial charge in [-0.25, -0.2) is 0 Å². The predicted molar refractivity (Wildman–Crippen MR) is 128 cm³/mol. The van der Waals surface area contributed by atoms with Crippen LogP contribution in [0, 0.1) is 6.92 Å². The van der Waals surface area contributed by atoms with Crippen molar-refractivity contribution >= 4 is 34.4 Å². The summed E-state index contributed by atoms with van der Waals surface area (Å²) in [7, 11) is 3.49. The van der Waals surface area contributed by atoms with Gasteiger partial charge in [0.1, 0.15) is 11.6 Å². The third-order valence-corrected chi connectivity index (χ3v) is 5.71. The van der Waals surface area contributed by atoms with Gasteiger partial charge in [0.25, 0.3) is 0 Å². The van der Waals surface area contributed by atoms with Crippen LogP contribution in [0.1, 0.15) is 22.7 Å². The Morgan fingerprint density at radius 2 is 1.97 bits per heavy atom. The second-order valence-electron chi connectivity index (χ2n) is 7.57. The first kappa shape index (κ1) is 21.9. The number of fused-ring (bicyclic) bond motifs is 1. The van der Waals surface area contributed by atoms with Gasteiger partial charge in [-0.05, 0) is 30.2 Å². The molecule has 2 heterocycles. The predicted octanol–water partition coefficient (Wildman–Crippen LogP) is 4.06. The number of nitrogens with one attached hydrogen (secondary N) is 2. The van der Waals surface area contributed by atoms with E-state index in [1.807, 2.05) is 56.4 Å². The molecule has 0 bridgehead atoms. The van der Waals surface area contributed by atoms with E-state index in [1.165, 1.54) is 0 Å². The Hall–Kier alpha value is -3.36. The zero-order valence-electron chi connectivity index (χ0n) is 18.3. The molecular weight excluding hydrogens is 426 g/mol. The quantitative estimate of drug-likeness (QED) is 0.371. The largest absolute Gasteiger partial charge is 0.496 e. The van der Waals surface area contributed by atoms with E-state index < -0.39 is 0 Å². The molecule has 4 aromatic rings.